The first-order chi connectivity index (χ1) is 9.13. The number of anilines is 1. The molecule has 0 aliphatic rings. The molecule has 96 valence electrons. The molecule has 2 aromatic rings. The fourth-order valence-corrected chi connectivity index (χ4v) is 1.68. The average molecular weight is 254 g/mol. The zero-order valence-corrected chi connectivity index (χ0v) is 10.8. The van der Waals surface area contributed by atoms with Gasteiger partial charge in [0.2, 0.25) is 0 Å². The highest BCUT2D eigenvalue weighted by atomic mass is 16.5. The Morgan fingerprint density at radius 2 is 1.89 bits per heavy atom. The summed E-state index contributed by atoms with van der Waals surface area (Å²) in [7, 11) is 1.59. The van der Waals surface area contributed by atoms with Crippen LogP contribution in [0.15, 0.2) is 36.4 Å². The van der Waals surface area contributed by atoms with E-state index in [2.05, 4.69) is 0 Å². The van der Waals surface area contributed by atoms with Crippen molar-refractivity contribution in [2.45, 2.75) is 6.92 Å². The Bertz CT molecular complexity index is 645. The second-order valence-corrected chi connectivity index (χ2v) is 4.12. The smallest absolute Gasteiger partial charge is 0.169 e. The van der Waals surface area contributed by atoms with E-state index < -0.39 is 0 Å². The molecule has 0 aromatic heterocycles. The van der Waals surface area contributed by atoms with Crippen LogP contribution in [0.25, 0.3) is 0 Å². The van der Waals surface area contributed by atoms with Gasteiger partial charge in [-0.2, -0.15) is 5.26 Å². The third-order valence-corrected chi connectivity index (χ3v) is 2.69. The molecule has 2 rings (SSSR count). The molecule has 0 unspecified atom stereocenters. The van der Waals surface area contributed by atoms with Crippen LogP contribution >= 0.6 is 0 Å². The van der Waals surface area contributed by atoms with Gasteiger partial charge in [0.05, 0.1) is 12.7 Å². The van der Waals surface area contributed by atoms with Crippen LogP contribution in [0.3, 0.4) is 0 Å². The van der Waals surface area contributed by atoms with E-state index in [0.717, 1.165) is 5.56 Å². The molecular formula is C15H14N2O2. The molecule has 0 spiro atoms. The van der Waals surface area contributed by atoms with Crippen molar-refractivity contribution in [3.8, 4) is 23.3 Å². The minimum Gasteiger partial charge on any atom is -0.493 e. The first-order valence-corrected chi connectivity index (χ1v) is 5.76. The fraction of sp³-hybridized carbons (Fsp3) is 0.133. The number of nitrogen functional groups attached to an aromatic ring is 1. The average Bonchev–Trinajstić information content (AvgIpc) is 2.42. The second kappa shape index (κ2) is 5.32. The maximum absolute atomic E-state index is 8.94. The molecule has 4 nitrogen and oxygen atoms in total. The molecule has 2 aromatic carbocycles. The van der Waals surface area contributed by atoms with Crippen molar-refractivity contribution in [3.05, 3.63) is 47.5 Å². The lowest BCUT2D eigenvalue weighted by Crippen LogP contribution is -1.93. The molecule has 0 heterocycles. The summed E-state index contributed by atoms with van der Waals surface area (Å²) in [5, 5.41) is 8.94. The van der Waals surface area contributed by atoms with Crippen LogP contribution in [-0.2, 0) is 0 Å². The van der Waals surface area contributed by atoms with Gasteiger partial charge in [-0.3, -0.25) is 0 Å². The van der Waals surface area contributed by atoms with E-state index in [1.165, 1.54) is 0 Å². The third-order valence-electron chi connectivity index (χ3n) is 2.69. The molecule has 0 aliphatic carbocycles. The first-order valence-electron chi connectivity index (χ1n) is 5.76. The minimum absolute atomic E-state index is 0.392. The van der Waals surface area contributed by atoms with Crippen LogP contribution in [-0.4, -0.2) is 7.11 Å². The summed E-state index contributed by atoms with van der Waals surface area (Å²) in [6.07, 6.45) is 0. The lowest BCUT2D eigenvalue weighted by Gasteiger charge is -2.11. The van der Waals surface area contributed by atoms with Crippen molar-refractivity contribution in [2.75, 3.05) is 12.8 Å². The van der Waals surface area contributed by atoms with E-state index in [1.807, 2.05) is 31.2 Å². The fourth-order valence-electron chi connectivity index (χ4n) is 1.68. The quantitative estimate of drug-likeness (QED) is 0.854. The summed E-state index contributed by atoms with van der Waals surface area (Å²) in [5.41, 5.74) is 7.58. The van der Waals surface area contributed by atoms with Gasteiger partial charge in [0.1, 0.15) is 11.8 Å². The minimum atomic E-state index is 0.392. The summed E-state index contributed by atoms with van der Waals surface area (Å²) in [6.45, 7) is 1.98. The molecule has 0 atom stereocenters. The summed E-state index contributed by atoms with van der Waals surface area (Å²) in [6, 6.07) is 12.6. The van der Waals surface area contributed by atoms with E-state index in [0.29, 0.717) is 28.5 Å². The van der Waals surface area contributed by atoms with Crippen molar-refractivity contribution < 1.29 is 9.47 Å². The van der Waals surface area contributed by atoms with Crippen molar-refractivity contribution >= 4 is 5.69 Å². The van der Waals surface area contributed by atoms with Crippen molar-refractivity contribution in [2.24, 2.45) is 0 Å². The highest BCUT2D eigenvalue weighted by molar-refractivity contribution is 5.57. The SMILES string of the molecule is COc1cc(C)ccc1Oc1ccc(N)c(C#N)c1. The van der Waals surface area contributed by atoms with Gasteiger partial charge in [-0.1, -0.05) is 6.07 Å². The van der Waals surface area contributed by atoms with Gasteiger partial charge in [0, 0.05) is 11.8 Å². The first kappa shape index (κ1) is 12.8. The molecule has 0 saturated carbocycles. The molecule has 19 heavy (non-hydrogen) atoms. The third kappa shape index (κ3) is 2.78. The van der Waals surface area contributed by atoms with E-state index in [4.69, 9.17) is 20.5 Å². The molecule has 0 amide bonds. The number of nitriles is 1. The van der Waals surface area contributed by atoms with E-state index >= 15 is 0 Å². The summed E-state index contributed by atoms with van der Waals surface area (Å²) in [4.78, 5) is 0. The van der Waals surface area contributed by atoms with Crippen molar-refractivity contribution in [1.82, 2.24) is 0 Å². The zero-order valence-electron chi connectivity index (χ0n) is 10.8. The zero-order chi connectivity index (χ0) is 13.8. The Labute approximate surface area is 112 Å². The predicted octanol–water partition coefficient (Wildman–Crippen LogP) is 3.25. The number of hydrogen-bond acceptors (Lipinski definition) is 4. The van der Waals surface area contributed by atoms with Gasteiger partial charge in [-0.05, 0) is 36.8 Å². The van der Waals surface area contributed by atoms with Crippen LogP contribution < -0.4 is 15.2 Å². The van der Waals surface area contributed by atoms with Gasteiger partial charge in [-0.15, -0.1) is 0 Å². The molecule has 0 radical (unpaired) electrons. The summed E-state index contributed by atoms with van der Waals surface area (Å²) >= 11 is 0. The van der Waals surface area contributed by atoms with Gasteiger partial charge in [-0.25, -0.2) is 0 Å². The highest BCUT2D eigenvalue weighted by Crippen LogP contribution is 2.33. The number of hydrogen-bond donors (Lipinski definition) is 1. The number of ether oxygens (including phenoxy) is 2. The Morgan fingerprint density at radius 3 is 2.58 bits per heavy atom. The van der Waals surface area contributed by atoms with Crippen LogP contribution in [0.2, 0.25) is 0 Å². The lowest BCUT2D eigenvalue weighted by molar-refractivity contribution is 0.378. The van der Waals surface area contributed by atoms with Crippen LogP contribution in [0.5, 0.6) is 17.2 Å². The molecule has 0 aliphatic heterocycles. The van der Waals surface area contributed by atoms with E-state index in [9.17, 15) is 0 Å². The molecule has 0 fully saturated rings. The van der Waals surface area contributed by atoms with Crippen LogP contribution in [0.4, 0.5) is 5.69 Å². The second-order valence-electron chi connectivity index (χ2n) is 4.12. The maximum Gasteiger partial charge on any atom is 0.169 e. The Balaban J connectivity index is 2.34. The molecule has 2 N–H and O–H groups in total. The van der Waals surface area contributed by atoms with Crippen LogP contribution in [0.1, 0.15) is 11.1 Å². The molecular weight excluding hydrogens is 240 g/mol. The Hall–Kier alpha value is -2.67. The monoisotopic (exact) mass is 254 g/mol. The molecule has 4 heteroatoms. The number of rotatable bonds is 3. The number of nitrogens with zero attached hydrogens (tertiary/aromatic N) is 1. The maximum atomic E-state index is 8.94. The number of aryl methyl sites for hydroxylation is 1. The standard InChI is InChI=1S/C15H14N2O2/c1-10-3-6-14(15(7-10)18-2)19-12-4-5-13(17)11(8-12)9-16/h3-8H,17H2,1-2H3. The van der Waals surface area contributed by atoms with E-state index in [-0.39, 0.29) is 0 Å². The topological polar surface area (TPSA) is 68.3 Å². The molecule has 0 saturated heterocycles. The predicted molar refractivity (Wildman–Crippen MR) is 73.4 cm³/mol. The lowest BCUT2D eigenvalue weighted by atomic mass is 10.2. The van der Waals surface area contributed by atoms with Gasteiger partial charge in [0.15, 0.2) is 11.5 Å². The van der Waals surface area contributed by atoms with Crippen molar-refractivity contribution in [3.63, 3.8) is 0 Å². The highest BCUT2D eigenvalue weighted by Gasteiger charge is 2.07. The Morgan fingerprint density at radius 1 is 1.11 bits per heavy atom. The van der Waals surface area contributed by atoms with Gasteiger partial charge in [0.25, 0.3) is 0 Å². The number of benzene rings is 2. The summed E-state index contributed by atoms with van der Waals surface area (Å²) in [5.74, 6) is 1.80. The summed E-state index contributed by atoms with van der Waals surface area (Å²) < 4.78 is 11.0. The largest absolute Gasteiger partial charge is 0.493 e. The molecule has 0 bridgehead atoms. The Kier molecular flexibility index (Phi) is 3.58. The number of methoxy groups -OCH3 is 1. The normalized spacial score (nSPS) is 9.74. The van der Waals surface area contributed by atoms with Crippen molar-refractivity contribution in [1.29, 1.82) is 5.26 Å². The number of nitrogens with two attached hydrogens (primary N) is 1. The van der Waals surface area contributed by atoms with E-state index in [1.54, 1.807) is 25.3 Å². The van der Waals surface area contributed by atoms with Gasteiger partial charge >= 0.3 is 0 Å². The van der Waals surface area contributed by atoms with Gasteiger partial charge < -0.3 is 15.2 Å². The van der Waals surface area contributed by atoms with Crippen LogP contribution in [0, 0.1) is 18.3 Å².